The van der Waals surface area contributed by atoms with E-state index in [0.29, 0.717) is 6.20 Å². The van der Waals surface area contributed by atoms with Crippen LogP contribution < -0.4 is 10.9 Å². The smallest absolute Gasteiger partial charge is 0.417 e. The van der Waals surface area contributed by atoms with Crippen molar-refractivity contribution in [2.24, 2.45) is 5.41 Å². The summed E-state index contributed by atoms with van der Waals surface area (Å²) in [4.78, 5) is 28.3. The zero-order valence-corrected chi connectivity index (χ0v) is 17.1. The Bertz CT molecular complexity index is 970. The second kappa shape index (κ2) is 7.66. The average molecular weight is 433 g/mol. The number of pyridine rings is 1. The Morgan fingerprint density at radius 1 is 1.17 bits per heavy atom. The Labute approximate surface area is 169 Å². The van der Waals surface area contributed by atoms with Crippen LogP contribution in [0.3, 0.4) is 0 Å². The van der Waals surface area contributed by atoms with Gasteiger partial charge in [0.1, 0.15) is 5.02 Å². The van der Waals surface area contributed by atoms with Crippen molar-refractivity contribution in [2.75, 3.05) is 12.4 Å². The topological polar surface area (TPSA) is 86.1 Å². The monoisotopic (exact) mass is 432 g/mol. The maximum absolute atomic E-state index is 12.7. The lowest BCUT2D eigenvalue weighted by atomic mass is 9.74. The van der Waals surface area contributed by atoms with Crippen LogP contribution in [0.1, 0.15) is 33.3 Å². The fourth-order valence-electron chi connectivity index (χ4n) is 2.37. The molecule has 0 bridgehead atoms. The Kier molecular flexibility index (Phi) is 5.99. The van der Waals surface area contributed by atoms with Crippen LogP contribution in [0.25, 0.3) is 5.82 Å². The van der Waals surface area contributed by atoms with Gasteiger partial charge >= 0.3 is 12.1 Å². The van der Waals surface area contributed by atoms with Crippen LogP contribution in [-0.2, 0) is 15.7 Å². The minimum atomic E-state index is -4.55. The molecular weight excluding hydrogens is 413 g/mol. The Morgan fingerprint density at radius 3 is 2.28 bits per heavy atom. The van der Waals surface area contributed by atoms with Crippen LogP contribution in [0.2, 0.25) is 5.02 Å². The number of rotatable bonds is 5. The molecule has 0 aliphatic carbocycles. The molecule has 0 atom stereocenters. The molecule has 2 aromatic rings. The first-order chi connectivity index (χ1) is 13.2. The fourth-order valence-corrected chi connectivity index (χ4v) is 2.54. The molecule has 0 unspecified atom stereocenters. The number of anilines is 1. The summed E-state index contributed by atoms with van der Waals surface area (Å²) in [6, 6.07) is 1.81. The number of halogens is 4. The predicted octanol–water partition coefficient (Wildman–Crippen LogP) is 3.69. The van der Waals surface area contributed by atoms with Crippen LogP contribution in [0.15, 0.2) is 29.3 Å². The van der Waals surface area contributed by atoms with E-state index in [-0.39, 0.29) is 16.5 Å². The Morgan fingerprint density at radius 2 is 1.79 bits per heavy atom. The number of esters is 1. The SMILES string of the molecule is COC(=O)C(C)(C)C(C)(C)Nc1cnn(-c2ccc(C(F)(F)F)cn2)c(=O)c1Cl. The van der Waals surface area contributed by atoms with Crippen LogP contribution in [0.5, 0.6) is 0 Å². The largest absolute Gasteiger partial charge is 0.469 e. The Hall–Kier alpha value is -2.62. The summed E-state index contributed by atoms with van der Waals surface area (Å²) in [7, 11) is 1.27. The number of alkyl halides is 3. The first-order valence-corrected chi connectivity index (χ1v) is 8.78. The summed E-state index contributed by atoms with van der Waals surface area (Å²) in [5, 5.41) is 6.69. The van der Waals surface area contributed by atoms with Gasteiger partial charge in [-0.3, -0.25) is 9.59 Å². The lowest BCUT2D eigenvalue weighted by Crippen LogP contribution is -2.51. The number of carbonyl (C=O) groups excluding carboxylic acids is 1. The van der Waals surface area contributed by atoms with Crippen molar-refractivity contribution in [2.45, 2.75) is 39.4 Å². The van der Waals surface area contributed by atoms with E-state index >= 15 is 0 Å². The van der Waals surface area contributed by atoms with Crippen molar-refractivity contribution < 1.29 is 22.7 Å². The van der Waals surface area contributed by atoms with E-state index in [1.54, 1.807) is 27.7 Å². The van der Waals surface area contributed by atoms with Crippen molar-refractivity contribution in [1.82, 2.24) is 14.8 Å². The van der Waals surface area contributed by atoms with Gasteiger partial charge in [0, 0.05) is 11.7 Å². The third kappa shape index (κ3) is 4.36. The number of methoxy groups -OCH3 is 1. The number of hydrogen-bond acceptors (Lipinski definition) is 6. The first-order valence-electron chi connectivity index (χ1n) is 8.40. The van der Waals surface area contributed by atoms with Crippen LogP contribution >= 0.6 is 11.6 Å². The van der Waals surface area contributed by atoms with Crippen molar-refractivity contribution in [3.8, 4) is 5.82 Å². The molecule has 0 radical (unpaired) electrons. The van der Waals surface area contributed by atoms with Crippen LogP contribution in [0.4, 0.5) is 18.9 Å². The van der Waals surface area contributed by atoms with E-state index in [4.69, 9.17) is 16.3 Å². The summed E-state index contributed by atoms with van der Waals surface area (Å²) in [5.41, 5.74) is -3.46. The van der Waals surface area contributed by atoms with Gasteiger partial charge in [0.05, 0.1) is 30.0 Å². The summed E-state index contributed by atoms with van der Waals surface area (Å²) in [5.74, 6) is -0.591. The quantitative estimate of drug-likeness (QED) is 0.725. The van der Waals surface area contributed by atoms with Gasteiger partial charge in [-0.2, -0.15) is 23.0 Å². The standard InChI is InChI=1S/C18H20ClF3N4O3/c1-16(2,15(28)29-5)17(3,4)25-11-9-24-26(14(27)13(11)19)12-7-6-10(8-23-12)18(20,21)22/h6-9,25H,1-5H3. The third-order valence-electron chi connectivity index (χ3n) is 4.92. The molecule has 0 spiro atoms. The highest BCUT2D eigenvalue weighted by molar-refractivity contribution is 6.33. The molecule has 2 rings (SSSR count). The number of nitrogens with zero attached hydrogens (tertiary/aromatic N) is 3. The highest BCUT2D eigenvalue weighted by Gasteiger charge is 2.44. The second-order valence-corrected chi connectivity index (χ2v) is 7.74. The summed E-state index contributed by atoms with van der Waals surface area (Å²) in [6.45, 7) is 6.79. The molecule has 2 heterocycles. The molecule has 0 amide bonds. The number of nitrogens with one attached hydrogen (secondary N) is 1. The van der Waals surface area contributed by atoms with Crippen molar-refractivity contribution in [3.05, 3.63) is 45.5 Å². The van der Waals surface area contributed by atoms with E-state index in [2.05, 4.69) is 15.4 Å². The van der Waals surface area contributed by atoms with E-state index in [0.717, 1.165) is 16.8 Å². The van der Waals surface area contributed by atoms with Crippen molar-refractivity contribution in [3.63, 3.8) is 0 Å². The molecule has 0 aromatic carbocycles. The fraction of sp³-hybridized carbons (Fsp3) is 0.444. The highest BCUT2D eigenvalue weighted by Crippen LogP contribution is 2.36. The molecule has 2 aromatic heterocycles. The van der Waals surface area contributed by atoms with Crippen LogP contribution in [0, 0.1) is 5.41 Å². The summed E-state index contributed by atoms with van der Waals surface area (Å²) < 4.78 is 43.6. The van der Waals surface area contributed by atoms with Crippen LogP contribution in [-0.4, -0.2) is 33.4 Å². The van der Waals surface area contributed by atoms with Gasteiger partial charge in [-0.15, -0.1) is 0 Å². The van der Waals surface area contributed by atoms with E-state index in [1.807, 2.05) is 0 Å². The van der Waals surface area contributed by atoms with Gasteiger partial charge in [-0.1, -0.05) is 11.6 Å². The summed E-state index contributed by atoms with van der Waals surface area (Å²) in [6.07, 6.45) is -2.71. The molecule has 158 valence electrons. The second-order valence-electron chi connectivity index (χ2n) is 7.36. The van der Waals surface area contributed by atoms with Gasteiger partial charge in [0.15, 0.2) is 5.82 Å². The van der Waals surface area contributed by atoms with Gasteiger partial charge in [0.2, 0.25) is 0 Å². The van der Waals surface area contributed by atoms with Gasteiger partial charge in [-0.25, -0.2) is 4.98 Å². The molecule has 0 saturated heterocycles. The molecule has 1 N–H and O–H groups in total. The average Bonchev–Trinajstić information content (AvgIpc) is 2.64. The number of aromatic nitrogens is 3. The molecule has 0 aliphatic heterocycles. The van der Waals surface area contributed by atoms with Gasteiger partial charge in [-0.05, 0) is 39.8 Å². The lowest BCUT2D eigenvalue weighted by molar-refractivity contribution is -0.153. The molecule has 0 fully saturated rings. The summed E-state index contributed by atoms with van der Waals surface area (Å²) >= 11 is 6.16. The normalized spacial score (nSPS) is 12.6. The van der Waals surface area contributed by atoms with E-state index in [1.165, 1.54) is 13.3 Å². The zero-order valence-electron chi connectivity index (χ0n) is 16.4. The highest BCUT2D eigenvalue weighted by atomic mass is 35.5. The zero-order chi connectivity index (χ0) is 22.2. The first kappa shape index (κ1) is 22.7. The molecule has 7 nitrogen and oxygen atoms in total. The predicted molar refractivity (Wildman–Crippen MR) is 101 cm³/mol. The maximum Gasteiger partial charge on any atom is 0.417 e. The number of ether oxygens (including phenoxy) is 1. The minimum absolute atomic E-state index is 0.120. The molecular formula is C18H20ClF3N4O3. The van der Waals surface area contributed by atoms with Crippen molar-refractivity contribution >= 4 is 23.3 Å². The van der Waals surface area contributed by atoms with E-state index in [9.17, 15) is 22.8 Å². The lowest BCUT2D eigenvalue weighted by Gasteiger charge is -2.40. The van der Waals surface area contributed by atoms with Gasteiger partial charge in [0.25, 0.3) is 5.56 Å². The maximum atomic E-state index is 12.7. The van der Waals surface area contributed by atoms with Gasteiger partial charge < -0.3 is 10.1 Å². The Balaban J connectivity index is 2.40. The van der Waals surface area contributed by atoms with Crippen molar-refractivity contribution in [1.29, 1.82) is 0 Å². The molecule has 11 heteroatoms. The molecule has 0 aliphatic rings. The van der Waals surface area contributed by atoms with E-state index < -0.39 is 34.2 Å². The third-order valence-corrected chi connectivity index (χ3v) is 5.28. The molecule has 29 heavy (non-hydrogen) atoms. The number of carbonyl (C=O) groups is 1. The minimum Gasteiger partial charge on any atom is -0.469 e. The molecule has 0 saturated carbocycles. The number of hydrogen-bond donors (Lipinski definition) is 1.